The Labute approximate surface area is 104 Å². The second-order valence-electron chi connectivity index (χ2n) is 4.49. The number of carbonyl (C=O) groups is 1. The first-order chi connectivity index (χ1) is 8.74. The number of carbonyl (C=O) groups excluding carboxylic acids is 1. The van der Waals surface area contributed by atoms with Gasteiger partial charge in [0.05, 0.1) is 5.52 Å². The largest absolute Gasteiger partial charge is 0.399 e. The minimum atomic E-state index is -0.152. The first-order valence-electron chi connectivity index (χ1n) is 5.93. The summed E-state index contributed by atoms with van der Waals surface area (Å²) >= 11 is 0. The molecule has 0 aliphatic heterocycles. The summed E-state index contributed by atoms with van der Waals surface area (Å²) in [7, 11) is 0. The summed E-state index contributed by atoms with van der Waals surface area (Å²) in [6.45, 7) is 0. The van der Waals surface area contributed by atoms with Gasteiger partial charge in [-0.3, -0.25) is 9.89 Å². The molecule has 3 rings (SSSR count). The van der Waals surface area contributed by atoms with Gasteiger partial charge in [-0.2, -0.15) is 5.10 Å². The monoisotopic (exact) mass is 242 g/mol. The quantitative estimate of drug-likeness (QED) is 0.552. The van der Waals surface area contributed by atoms with Crippen molar-refractivity contribution >= 4 is 22.5 Å². The number of nitrogen functional groups attached to an aromatic ring is 1. The lowest BCUT2D eigenvalue weighted by Crippen LogP contribution is -2.33. The summed E-state index contributed by atoms with van der Waals surface area (Å²) in [6, 6.07) is 5.56. The highest BCUT2D eigenvalue weighted by Gasteiger charge is 2.18. The second-order valence-corrected chi connectivity index (χ2v) is 4.49. The van der Waals surface area contributed by atoms with Crippen LogP contribution in [-0.4, -0.2) is 22.1 Å². The zero-order valence-corrected chi connectivity index (χ0v) is 9.81. The summed E-state index contributed by atoms with van der Waals surface area (Å²) in [5.41, 5.74) is 7.58. The minimum Gasteiger partial charge on any atom is -0.399 e. The average molecular weight is 242 g/mol. The maximum Gasteiger partial charge on any atom is 0.272 e. The number of anilines is 1. The van der Waals surface area contributed by atoms with Crippen molar-refractivity contribution in [3.8, 4) is 0 Å². The summed E-state index contributed by atoms with van der Waals surface area (Å²) in [5.74, 6) is -0.152. The number of aromatic nitrogens is 2. The van der Waals surface area contributed by atoms with Crippen LogP contribution in [0.25, 0.3) is 10.9 Å². The smallest absolute Gasteiger partial charge is 0.272 e. The van der Waals surface area contributed by atoms with Gasteiger partial charge in [0.1, 0.15) is 0 Å². The summed E-state index contributed by atoms with van der Waals surface area (Å²) in [4.78, 5) is 12.1. The number of hydrogen-bond acceptors (Lipinski definition) is 3. The Kier molecular flexibility index (Phi) is 2.51. The Morgan fingerprint density at radius 2 is 2.17 bits per heavy atom. The molecule has 1 heterocycles. The number of hydrogen-bond donors (Lipinski definition) is 3. The van der Waals surface area contributed by atoms with Crippen molar-refractivity contribution in [3.63, 3.8) is 0 Å². The van der Waals surface area contributed by atoms with Gasteiger partial charge in [-0.05, 0) is 31.0 Å². The molecule has 5 nitrogen and oxygen atoms in total. The van der Waals surface area contributed by atoms with E-state index < -0.39 is 0 Å². The lowest BCUT2D eigenvalue weighted by molar-refractivity contribution is 0.0935. The van der Waals surface area contributed by atoms with Gasteiger partial charge in [0.15, 0.2) is 5.69 Å². The molecule has 2 aromatic rings. The van der Waals surface area contributed by atoms with E-state index in [1.807, 2.05) is 6.07 Å². The van der Waals surface area contributed by atoms with Crippen molar-refractivity contribution in [2.75, 3.05) is 5.73 Å². The number of aromatic amines is 1. The average Bonchev–Trinajstić information content (AvgIpc) is 2.97. The fraction of sp³-hybridized carbons (Fsp3) is 0.231. The highest BCUT2D eigenvalue weighted by molar-refractivity contribution is 6.05. The van der Waals surface area contributed by atoms with E-state index in [2.05, 4.69) is 27.7 Å². The maximum absolute atomic E-state index is 12.1. The fourth-order valence-corrected chi connectivity index (χ4v) is 2.19. The van der Waals surface area contributed by atoms with Crippen molar-refractivity contribution in [3.05, 3.63) is 36.0 Å². The molecule has 0 saturated carbocycles. The van der Waals surface area contributed by atoms with Crippen LogP contribution in [0.4, 0.5) is 5.69 Å². The van der Waals surface area contributed by atoms with Crippen LogP contribution in [0, 0.1) is 0 Å². The van der Waals surface area contributed by atoms with Gasteiger partial charge in [-0.1, -0.05) is 12.2 Å². The fourth-order valence-electron chi connectivity index (χ4n) is 2.19. The molecule has 1 aliphatic rings. The minimum absolute atomic E-state index is 0.152. The molecule has 1 aromatic heterocycles. The van der Waals surface area contributed by atoms with Crippen LogP contribution in [0.3, 0.4) is 0 Å². The maximum atomic E-state index is 12.1. The van der Waals surface area contributed by atoms with E-state index in [0.717, 1.165) is 23.7 Å². The molecule has 0 atom stereocenters. The summed E-state index contributed by atoms with van der Waals surface area (Å²) in [5, 5.41) is 10.6. The van der Waals surface area contributed by atoms with E-state index >= 15 is 0 Å². The van der Waals surface area contributed by atoms with E-state index in [1.165, 1.54) is 0 Å². The van der Waals surface area contributed by atoms with E-state index in [9.17, 15) is 4.79 Å². The molecule has 4 N–H and O–H groups in total. The van der Waals surface area contributed by atoms with Gasteiger partial charge >= 0.3 is 0 Å². The lowest BCUT2D eigenvalue weighted by atomic mass is 10.1. The normalized spacial score (nSPS) is 15.3. The zero-order valence-electron chi connectivity index (χ0n) is 9.81. The number of nitrogens with two attached hydrogens (primary N) is 1. The number of benzene rings is 1. The molecular formula is C13H14N4O. The highest BCUT2D eigenvalue weighted by Crippen LogP contribution is 2.19. The Hall–Kier alpha value is -2.30. The molecule has 0 bridgehead atoms. The molecule has 0 radical (unpaired) electrons. The molecular weight excluding hydrogens is 228 g/mol. The molecule has 1 amide bonds. The topological polar surface area (TPSA) is 83.8 Å². The first-order valence-corrected chi connectivity index (χ1v) is 5.93. The van der Waals surface area contributed by atoms with Crippen molar-refractivity contribution in [2.45, 2.75) is 18.9 Å². The van der Waals surface area contributed by atoms with E-state index in [-0.39, 0.29) is 11.9 Å². The number of H-pyrrole nitrogens is 1. The highest BCUT2D eigenvalue weighted by atomic mass is 16.2. The SMILES string of the molecule is Nc1ccc2[nH]nc(C(=O)NC3CC=CC3)c2c1. The molecule has 0 unspecified atom stereocenters. The van der Waals surface area contributed by atoms with Crippen LogP contribution in [-0.2, 0) is 0 Å². The first kappa shape index (κ1) is 10.8. The van der Waals surface area contributed by atoms with Crippen molar-refractivity contribution in [1.29, 1.82) is 0 Å². The third kappa shape index (κ3) is 1.84. The van der Waals surface area contributed by atoms with Gasteiger partial charge in [0, 0.05) is 17.1 Å². The third-order valence-electron chi connectivity index (χ3n) is 3.15. The van der Waals surface area contributed by atoms with Crippen molar-refractivity contribution < 1.29 is 4.79 Å². The van der Waals surface area contributed by atoms with E-state index in [0.29, 0.717) is 11.4 Å². The molecule has 0 saturated heterocycles. The standard InChI is InChI=1S/C13H14N4O/c14-8-5-6-11-10(7-8)12(17-16-11)13(18)15-9-3-1-2-4-9/h1-2,5-7,9H,3-4,14H2,(H,15,18)(H,16,17). The number of amides is 1. The molecule has 1 aliphatic carbocycles. The van der Waals surface area contributed by atoms with E-state index in [1.54, 1.807) is 12.1 Å². The van der Waals surface area contributed by atoms with Crippen molar-refractivity contribution in [1.82, 2.24) is 15.5 Å². The lowest BCUT2D eigenvalue weighted by Gasteiger charge is -2.10. The van der Waals surface area contributed by atoms with Crippen LogP contribution in [0.15, 0.2) is 30.4 Å². The third-order valence-corrected chi connectivity index (χ3v) is 3.15. The second kappa shape index (κ2) is 4.18. The molecule has 1 aromatic carbocycles. The van der Waals surface area contributed by atoms with Gasteiger partial charge in [0.25, 0.3) is 5.91 Å². The van der Waals surface area contributed by atoms with Crippen molar-refractivity contribution in [2.24, 2.45) is 0 Å². The Morgan fingerprint density at radius 1 is 1.39 bits per heavy atom. The molecule has 5 heteroatoms. The summed E-state index contributed by atoms with van der Waals surface area (Å²) in [6.07, 6.45) is 5.92. The Bertz CT molecular complexity index is 621. The zero-order chi connectivity index (χ0) is 12.5. The number of nitrogens with zero attached hydrogens (tertiary/aromatic N) is 1. The van der Waals surface area contributed by atoms with Crippen LogP contribution in [0.2, 0.25) is 0 Å². The van der Waals surface area contributed by atoms with Gasteiger partial charge in [0.2, 0.25) is 0 Å². The predicted molar refractivity (Wildman–Crippen MR) is 70.1 cm³/mol. The number of nitrogens with one attached hydrogen (secondary N) is 2. The Morgan fingerprint density at radius 3 is 2.94 bits per heavy atom. The summed E-state index contributed by atoms with van der Waals surface area (Å²) < 4.78 is 0. The molecule has 92 valence electrons. The number of fused-ring (bicyclic) bond motifs is 1. The van der Waals surface area contributed by atoms with Crippen LogP contribution in [0.5, 0.6) is 0 Å². The van der Waals surface area contributed by atoms with E-state index in [4.69, 9.17) is 5.73 Å². The van der Waals surface area contributed by atoms with Crippen LogP contribution >= 0.6 is 0 Å². The Balaban J connectivity index is 1.88. The van der Waals surface area contributed by atoms with Gasteiger partial charge in [-0.25, -0.2) is 0 Å². The molecule has 0 spiro atoms. The molecule has 0 fully saturated rings. The van der Waals surface area contributed by atoms with Crippen LogP contribution < -0.4 is 11.1 Å². The molecule has 18 heavy (non-hydrogen) atoms. The number of rotatable bonds is 2. The predicted octanol–water partition coefficient (Wildman–Crippen LogP) is 1.59. The van der Waals surface area contributed by atoms with Gasteiger partial charge < -0.3 is 11.1 Å². The van der Waals surface area contributed by atoms with Gasteiger partial charge in [-0.15, -0.1) is 0 Å². The van der Waals surface area contributed by atoms with Crippen LogP contribution in [0.1, 0.15) is 23.3 Å².